The highest BCUT2D eigenvalue weighted by Crippen LogP contribution is 2.38. The first kappa shape index (κ1) is 23.0. The van der Waals surface area contributed by atoms with Crippen molar-refractivity contribution in [1.29, 1.82) is 0 Å². The van der Waals surface area contributed by atoms with Crippen LogP contribution in [0.15, 0.2) is 17.1 Å². The van der Waals surface area contributed by atoms with Gasteiger partial charge in [-0.15, -0.1) is 0 Å². The van der Waals surface area contributed by atoms with E-state index in [0.29, 0.717) is 49.7 Å². The third kappa shape index (κ3) is 6.68. The molecule has 7 nitrogen and oxygen atoms in total. The average molecular weight is 452 g/mol. The minimum atomic E-state index is -2.70. The van der Waals surface area contributed by atoms with Gasteiger partial charge in [0, 0.05) is 26.0 Å². The number of nitrogens with zero attached hydrogens (tertiary/aromatic N) is 3. The third-order valence-corrected chi connectivity index (χ3v) is 5.78. The zero-order valence-corrected chi connectivity index (χ0v) is 18.5. The van der Waals surface area contributed by atoms with Gasteiger partial charge in [-0.3, -0.25) is 4.79 Å². The van der Waals surface area contributed by atoms with Crippen molar-refractivity contribution in [2.45, 2.75) is 44.4 Å². The highest BCUT2D eigenvalue weighted by molar-refractivity contribution is 6.03. The third-order valence-electron chi connectivity index (χ3n) is 5.78. The van der Waals surface area contributed by atoms with Crippen LogP contribution in [0.1, 0.15) is 49.0 Å². The molecule has 0 N–H and O–H groups in total. The molecule has 1 aliphatic heterocycles. The summed E-state index contributed by atoms with van der Waals surface area (Å²) in [5.41, 5.74) is 1.36. The van der Waals surface area contributed by atoms with Gasteiger partial charge < -0.3 is 19.1 Å². The average Bonchev–Trinajstić information content (AvgIpc) is 3.65. The topological polar surface area (TPSA) is 73.2 Å². The Kier molecular flexibility index (Phi) is 7.35. The molecule has 0 bridgehead atoms. The molecule has 32 heavy (non-hydrogen) atoms. The van der Waals surface area contributed by atoms with E-state index in [1.807, 2.05) is 0 Å². The molecule has 3 aliphatic rings. The number of aliphatic imine (C=N–C) groups is 1. The van der Waals surface area contributed by atoms with Crippen LogP contribution in [-0.4, -0.2) is 69.2 Å². The minimum Gasteiger partial charge on any atom is -0.476 e. The fourth-order valence-corrected chi connectivity index (χ4v) is 3.55. The fraction of sp³-hybridized carbons (Fsp3) is 0.696. The lowest BCUT2D eigenvalue weighted by atomic mass is 10.1. The summed E-state index contributed by atoms with van der Waals surface area (Å²) in [7, 11) is 1.65. The summed E-state index contributed by atoms with van der Waals surface area (Å²) in [5.74, 6) is -1.90. The first-order chi connectivity index (χ1) is 15.4. The Labute approximate surface area is 187 Å². The molecule has 2 aliphatic carbocycles. The number of methoxy groups -OCH3 is 1. The standard InChI is InChI=1S/C23H31F2N3O4/c1-30-9-2-10-31-13-18(11-16-3-4-16)26-21(29)19-7-8-20(28-14-23(24,25)15-28)22(27-19)32-12-17-5-6-17/h7-8,16-17H,2-6,9-15H2,1H3. The van der Waals surface area contributed by atoms with Crippen molar-refractivity contribution in [2.75, 3.05) is 51.5 Å². The zero-order valence-electron chi connectivity index (χ0n) is 18.5. The molecule has 1 aromatic heterocycles. The van der Waals surface area contributed by atoms with Gasteiger partial charge >= 0.3 is 0 Å². The van der Waals surface area contributed by atoms with Gasteiger partial charge in [0.05, 0.1) is 26.3 Å². The van der Waals surface area contributed by atoms with Crippen LogP contribution in [0.2, 0.25) is 0 Å². The van der Waals surface area contributed by atoms with Crippen LogP contribution in [0.25, 0.3) is 0 Å². The van der Waals surface area contributed by atoms with Gasteiger partial charge in [-0.25, -0.2) is 18.8 Å². The summed E-state index contributed by atoms with van der Waals surface area (Å²) in [6.07, 6.45) is 5.99. The first-order valence-corrected chi connectivity index (χ1v) is 11.4. The lowest BCUT2D eigenvalue weighted by Crippen LogP contribution is -2.56. The van der Waals surface area contributed by atoms with E-state index in [1.54, 1.807) is 13.2 Å². The second-order valence-corrected chi connectivity index (χ2v) is 9.02. The molecule has 9 heteroatoms. The van der Waals surface area contributed by atoms with E-state index in [-0.39, 0.29) is 24.7 Å². The van der Waals surface area contributed by atoms with Crippen molar-refractivity contribution >= 4 is 17.3 Å². The van der Waals surface area contributed by atoms with Crippen molar-refractivity contribution < 1.29 is 27.8 Å². The van der Waals surface area contributed by atoms with Crippen LogP contribution >= 0.6 is 0 Å². The van der Waals surface area contributed by atoms with E-state index in [0.717, 1.165) is 38.5 Å². The molecule has 1 amide bonds. The Morgan fingerprint density at radius 2 is 1.94 bits per heavy atom. The number of hydrogen-bond donors (Lipinski definition) is 0. The highest BCUT2D eigenvalue weighted by Gasteiger charge is 2.45. The Bertz CT molecular complexity index is 833. The van der Waals surface area contributed by atoms with E-state index in [9.17, 15) is 13.6 Å². The molecule has 0 atom stereocenters. The number of alkyl halides is 2. The number of anilines is 1. The Balaban J connectivity index is 1.44. The summed E-state index contributed by atoms with van der Waals surface area (Å²) in [4.78, 5) is 23.0. The second kappa shape index (κ2) is 10.2. The molecule has 3 fully saturated rings. The van der Waals surface area contributed by atoms with Crippen molar-refractivity contribution in [3.05, 3.63) is 17.8 Å². The summed E-state index contributed by atoms with van der Waals surface area (Å²) in [6, 6.07) is 3.17. The number of pyridine rings is 1. The van der Waals surface area contributed by atoms with Crippen LogP contribution in [0, 0.1) is 11.8 Å². The minimum absolute atomic E-state index is 0.152. The molecule has 1 saturated heterocycles. The highest BCUT2D eigenvalue weighted by atomic mass is 19.3. The molecule has 2 saturated carbocycles. The summed E-state index contributed by atoms with van der Waals surface area (Å²) >= 11 is 0. The number of carbonyl (C=O) groups excluding carboxylic acids is 1. The van der Waals surface area contributed by atoms with Crippen LogP contribution < -0.4 is 9.64 Å². The van der Waals surface area contributed by atoms with Gasteiger partial charge in [0.1, 0.15) is 11.4 Å². The molecule has 0 radical (unpaired) electrons. The van der Waals surface area contributed by atoms with Crippen molar-refractivity contribution in [3.8, 4) is 5.88 Å². The fourth-order valence-electron chi connectivity index (χ4n) is 3.55. The van der Waals surface area contributed by atoms with E-state index in [1.165, 1.54) is 11.0 Å². The van der Waals surface area contributed by atoms with Crippen molar-refractivity contribution in [1.82, 2.24) is 4.98 Å². The second-order valence-electron chi connectivity index (χ2n) is 9.02. The van der Waals surface area contributed by atoms with Gasteiger partial charge in [0.15, 0.2) is 0 Å². The molecule has 0 unspecified atom stereocenters. The lowest BCUT2D eigenvalue weighted by molar-refractivity contribution is -0.0265. The molecule has 4 rings (SSSR count). The molecular weight excluding hydrogens is 420 g/mol. The summed E-state index contributed by atoms with van der Waals surface area (Å²) in [6.45, 7) is 1.21. The van der Waals surface area contributed by atoms with Crippen molar-refractivity contribution in [3.63, 3.8) is 0 Å². The summed E-state index contributed by atoms with van der Waals surface area (Å²) < 4.78 is 43.2. The smallest absolute Gasteiger partial charge is 0.295 e. The van der Waals surface area contributed by atoms with E-state index in [4.69, 9.17) is 14.2 Å². The SMILES string of the molecule is COCCCOCC(CC1CC1)=NC(=O)c1ccc(N2CC(F)(F)C2)c(OCC2CC2)n1. The van der Waals surface area contributed by atoms with Gasteiger partial charge in [0.25, 0.3) is 11.8 Å². The molecule has 2 heterocycles. The maximum Gasteiger partial charge on any atom is 0.295 e. The first-order valence-electron chi connectivity index (χ1n) is 11.4. The van der Waals surface area contributed by atoms with Crippen LogP contribution in [0.5, 0.6) is 5.88 Å². The van der Waals surface area contributed by atoms with Gasteiger partial charge in [-0.05, 0) is 62.5 Å². The van der Waals surface area contributed by atoms with Gasteiger partial charge in [0.2, 0.25) is 5.88 Å². The largest absolute Gasteiger partial charge is 0.476 e. The number of carbonyl (C=O) groups is 1. The Morgan fingerprint density at radius 1 is 1.19 bits per heavy atom. The molecule has 0 spiro atoms. The number of ether oxygens (including phenoxy) is 3. The van der Waals surface area contributed by atoms with Crippen LogP contribution in [0.3, 0.4) is 0 Å². The van der Waals surface area contributed by atoms with Crippen LogP contribution in [-0.2, 0) is 9.47 Å². The van der Waals surface area contributed by atoms with Gasteiger partial charge in [-0.1, -0.05) is 0 Å². The Hall–Kier alpha value is -2.13. The molecular formula is C23H31F2N3O4. The maximum atomic E-state index is 13.4. The zero-order chi connectivity index (χ0) is 22.6. The summed E-state index contributed by atoms with van der Waals surface area (Å²) in [5, 5.41) is 0. The van der Waals surface area contributed by atoms with E-state index >= 15 is 0 Å². The number of halogens is 2. The molecule has 1 aromatic rings. The van der Waals surface area contributed by atoms with E-state index < -0.39 is 11.8 Å². The normalized spacial score (nSPS) is 20.2. The predicted octanol–water partition coefficient (Wildman–Crippen LogP) is 3.76. The quantitative estimate of drug-likeness (QED) is 0.336. The van der Waals surface area contributed by atoms with Gasteiger partial charge in [-0.2, -0.15) is 0 Å². The Morgan fingerprint density at radius 3 is 2.59 bits per heavy atom. The van der Waals surface area contributed by atoms with E-state index in [2.05, 4.69) is 9.98 Å². The van der Waals surface area contributed by atoms with Crippen LogP contribution in [0.4, 0.5) is 14.5 Å². The number of rotatable bonds is 13. The lowest BCUT2D eigenvalue weighted by Gasteiger charge is -2.40. The number of amides is 1. The monoisotopic (exact) mass is 451 g/mol. The predicted molar refractivity (Wildman–Crippen MR) is 116 cm³/mol. The molecule has 0 aromatic carbocycles. The number of aromatic nitrogens is 1. The number of hydrogen-bond acceptors (Lipinski definition) is 6. The maximum absolute atomic E-state index is 13.4. The van der Waals surface area contributed by atoms with Crippen molar-refractivity contribution in [2.24, 2.45) is 16.8 Å². The molecule has 176 valence electrons.